The van der Waals surface area contributed by atoms with Crippen molar-refractivity contribution in [1.29, 1.82) is 0 Å². The van der Waals surface area contributed by atoms with Gasteiger partial charge in [-0.05, 0) is 42.2 Å². The third-order valence-electron chi connectivity index (χ3n) is 4.57. The highest BCUT2D eigenvalue weighted by molar-refractivity contribution is 6.36. The van der Waals surface area contributed by atoms with Crippen molar-refractivity contribution in [1.82, 2.24) is 10.6 Å². The van der Waals surface area contributed by atoms with Crippen molar-refractivity contribution >= 4 is 52.6 Å². The maximum Gasteiger partial charge on any atom is 0.325 e. The zero-order valence-corrected chi connectivity index (χ0v) is 20.0. The number of hydrogen-bond acceptors (Lipinski definition) is 5. The third-order valence-corrected chi connectivity index (χ3v) is 5.12. The molecule has 0 aromatic heterocycles. The molecular formula is C23H25Cl2N3O5. The van der Waals surface area contributed by atoms with E-state index in [4.69, 9.17) is 27.9 Å². The molecule has 0 aliphatic rings. The second-order valence-electron chi connectivity index (χ2n) is 7.49. The molecule has 0 spiro atoms. The maximum absolute atomic E-state index is 12.2. The zero-order chi connectivity index (χ0) is 24.5. The Morgan fingerprint density at radius 2 is 1.70 bits per heavy atom. The first kappa shape index (κ1) is 26.2. The first-order chi connectivity index (χ1) is 15.6. The van der Waals surface area contributed by atoms with Crippen LogP contribution in [0.1, 0.15) is 41.3 Å². The average Bonchev–Trinajstić information content (AvgIpc) is 2.75. The molecule has 0 bridgehead atoms. The smallest absolute Gasteiger partial charge is 0.325 e. The summed E-state index contributed by atoms with van der Waals surface area (Å²) >= 11 is 11.7. The van der Waals surface area contributed by atoms with Gasteiger partial charge in [0.05, 0.1) is 17.1 Å². The lowest BCUT2D eigenvalue weighted by molar-refractivity contribution is -0.147. The highest BCUT2D eigenvalue weighted by Gasteiger charge is 2.15. The molecule has 0 saturated heterocycles. The molecule has 8 nitrogen and oxygen atoms in total. The molecule has 33 heavy (non-hydrogen) atoms. The van der Waals surface area contributed by atoms with E-state index < -0.39 is 36.8 Å². The van der Waals surface area contributed by atoms with Gasteiger partial charge in [-0.3, -0.25) is 19.2 Å². The van der Waals surface area contributed by atoms with Crippen molar-refractivity contribution < 1.29 is 23.9 Å². The number of carbonyl (C=O) groups excluding carboxylic acids is 4. The summed E-state index contributed by atoms with van der Waals surface area (Å²) in [6, 6.07) is 10.1. The first-order valence-electron chi connectivity index (χ1n) is 10.1. The van der Waals surface area contributed by atoms with Gasteiger partial charge in [0, 0.05) is 10.7 Å². The predicted octanol–water partition coefficient (Wildman–Crippen LogP) is 3.45. The zero-order valence-electron chi connectivity index (χ0n) is 18.5. The molecule has 3 N–H and O–H groups in total. The van der Waals surface area contributed by atoms with E-state index in [0.29, 0.717) is 10.7 Å². The highest BCUT2D eigenvalue weighted by atomic mass is 35.5. The van der Waals surface area contributed by atoms with E-state index in [0.717, 1.165) is 11.1 Å². The predicted molar refractivity (Wildman–Crippen MR) is 127 cm³/mol. The Bertz CT molecular complexity index is 1060. The fourth-order valence-electron chi connectivity index (χ4n) is 2.88. The van der Waals surface area contributed by atoms with Crippen LogP contribution in [0.4, 0.5) is 5.69 Å². The van der Waals surface area contributed by atoms with E-state index >= 15 is 0 Å². The minimum absolute atomic E-state index is 0.147. The number of benzene rings is 2. The number of hydrogen-bond donors (Lipinski definition) is 3. The Labute approximate surface area is 202 Å². The lowest BCUT2D eigenvalue weighted by Gasteiger charge is -2.16. The van der Waals surface area contributed by atoms with Crippen LogP contribution in [0.15, 0.2) is 36.4 Å². The number of amides is 3. The molecule has 0 saturated carbocycles. The van der Waals surface area contributed by atoms with E-state index in [9.17, 15) is 19.2 Å². The molecule has 0 radical (unpaired) electrons. The van der Waals surface area contributed by atoms with E-state index in [1.54, 1.807) is 0 Å². The summed E-state index contributed by atoms with van der Waals surface area (Å²) in [6.45, 7) is 4.58. The molecule has 0 aliphatic carbocycles. The molecule has 0 heterocycles. The van der Waals surface area contributed by atoms with Crippen LogP contribution in [0.25, 0.3) is 0 Å². The van der Waals surface area contributed by atoms with Gasteiger partial charge in [-0.2, -0.15) is 0 Å². The molecule has 10 heteroatoms. The number of aryl methyl sites for hydroxylation is 1. The van der Waals surface area contributed by atoms with Crippen LogP contribution in [0, 0.1) is 6.92 Å². The van der Waals surface area contributed by atoms with Gasteiger partial charge in [-0.15, -0.1) is 0 Å². The van der Waals surface area contributed by atoms with Crippen molar-refractivity contribution in [2.24, 2.45) is 0 Å². The highest BCUT2D eigenvalue weighted by Crippen LogP contribution is 2.27. The fraction of sp³-hybridized carbons (Fsp3) is 0.304. The number of carbonyl (C=O) groups is 4. The Morgan fingerprint density at radius 1 is 0.970 bits per heavy atom. The Hall–Kier alpha value is -3.10. The summed E-state index contributed by atoms with van der Waals surface area (Å²) in [5, 5.41) is 7.98. The van der Waals surface area contributed by atoms with Gasteiger partial charge >= 0.3 is 5.97 Å². The van der Waals surface area contributed by atoms with Crippen molar-refractivity contribution in [3.8, 4) is 0 Å². The van der Waals surface area contributed by atoms with Crippen LogP contribution < -0.4 is 16.0 Å². The second-order valence-corrected chi connectivity index (χ2v) is 8.33. The number of para-hydroxylation sites is 1. The Morgan fingerprint density at radius 3 is 2.36 bits per heavy atom. The third kappa shape index (κ3) is 8.07. The second kappa shape index (κ2) is 12.2. The minimum Gasteiger partial charge on any atom is -0.454 e. The molecule has 0 aliphatic heterocycles. The van der Waals surface area contributed by atoms with Gasteiger partial charge in [0.25, 0.3) is 11.8 Å². The molecular weight excluding hydrogens is 469 g/mol. The Balaban J connectivity index is 1.74. The van der Waals surface area contributed by atoms with Gasteiger partial charge in [-0.25, -0.2) is 0 Å². The summed E-state index contributed by atoms with van der Waals surface area (Å²) in [6.07, 6.45) is 0. The number of ether oxygens (including phenoxy) is 1. The van der Waals surface area contributed by atoms with Crippen molar-refractivity contribution in [3.05, 3.63) is 63.1 Å². The maximum atomic E-state index is 12.2. The molecule has 2 aromatic rings. The van der Waals surface area contributed by atoms with Crippen LogP contribution in [0.5, 0.6) is 0 Å². The van der Waals surface area contributed by atoms with Crippen LogP contribution in [-0.4, -0.2) is 43.4 Å². The number of esters is 1. The summed E-state index contributed by atoms with van der Waals surface area (Å²) in [7, 11) is 0. The minimum atomic E-state index is -0.792. The summed E-state index contributed by atoms with van der Waals surface area (Å²) in [5.74, 6) is -2.26. The standard InChI is InChI=1S/C23H25Cl2N3O5/c1-13(2)16-6-4-5-14(3)22(16)28-20(30)12-33-21(31)11-26-19(29)10-27-23(32)17-8-7-15(24)9-18(17)25/h4-9,13H,10-12H2,1-3H3,(H,26,29)(H,27,32)(H,28,30). The summed E-state index contributed by atoms with van der Waals surface area (Å²) in [4.78, 5) is 48.0. The SMILES string of the molecule is Cc1cccc(C(C)C)c1NC(=O)COC(=O)CNC(=O)CNC(=O)c1ccc(Cl)cc1Cl. The van der Waals surface area contributed by atoms with Crippen molar-refractivity contribution in [2.75, 3.05) is 25.0 Å². The summed E-state index contributed by atoms with van der Waals surface area (Å²) in [5.41, 5.74) is 2.73. The van der Waals surface area contributed by atoms with Gasteiger partial charge < -0.3 is 20.7 Å². The molecule has 176 valence electrons. The summed E-state index contributed by atoms with van der Waals surface area (Å²) < 4.78 is 4.91. The normalized spacial score (nSPS) is 10.5. The number of rotatable bonds is 9. The van der Waals surface area contributed by atoms with Crippen LogP contribution >= 0.6 is 23.2 Å². The lowest BCUT2D eigenvalue weighted by Crippen LogP contribution is -2.39. The largest absolute Gasteiger partial charge is 0.454 e. The molecule has 3 amide bonds. The van der Waals surface area contributed by atoms with E-state index in [2.05, 4.69) is 16.0 Å². The number of halogens is 2. The lowest BCUT2D eigenvalue weighted by atomic mass is 9.98. The van der Waals surface area contributed by atoms with E-state index in [1.807, 2.05) is 39.0 Å². The van der Waals surface area contributed by atoms with Crippen molar-refractivity contribution in [3.63, 3.8) is 0 Å². The van der Waals surface area contributed by atoms with E-state index in [-0.39, 0.29) is 23.0 Å². The molecule has 0 unspecified atom stereocenters. The number of anilines is 1. The fourth-order valence-corrected chi connectivity index (χ4v) is 3.37. The van der Waals surface area contributed by atoms with Crippen molar-refractivity contribution in [2.45, 2.75) is 26.7 Å². The Kier molecular flexibility index (Phi) is 9.69. The number of nitrogens with one attached hydrogen (secondary N) is 3. The van der Waals surface area contributed by atoms with Crippen LogP contribution in [0.2, 0.25) is 10.0 Å². The quantitative estimate of drug-likeness (QED) is 0.462. The molecule has 2 aromatic carbocycles. The molecule has 2 rings (SSSR count). The van der Waals surface area contributed by atoms with Gasteiger partial charge in [-0.1, -0.05) is 55.2 Å². The van der Waals surface area contributed by atoms with Gasteiger partial charge in [0.15, 0.2) is 6.61 Å². The van der Waals surface area contributed by atoms with Gasteiger partial charge in [0.2, 0.25) is 5.91 Å². The van der Waals surface area contributed by atoms with Crippen LogP contribution in [0.3, 0.4) is 0 Å². The van der Waals surface area contributed by atoms with E-state index in [1.165, 1.54) is 18.2 Å². The average molecular weight is 494 g/mol. The topological polar surface area (TPSA) is 114 Å². The monoisotopic (exact) mass is 493 g/mol. The van der Waals surface area contributed by atoms with Crippen LogP contribution in [-0.2, 0) is 19.1 Å². The van der Waals surface area contributed by atoms with Gasteiger partial charge in [0.1, 0.15) is 6.54 Å². The molecule has 0 fully saturated rings. The first-order valence-corrected chi connectivity index (χ1v) is 10.9. The molecule has 0 atom stereocenters.